The van der Waals surface area contributed by atoms with Gasteiger partial charge in [0.1, 0.15) is 11.9 Å². The highest BCUT2D eigenvalue weighted by Crippen LogP contribution is 2.35. The number of carbonyl (C=O) groups is 3. The van der Waals surface area contributed by atoms with Gasteiger partial charge in [0, 0.05) is 25.1 Å². The van der Waals surface area contributed by atoms with Gasteiger partial charge < -0.3 is 4.90 Å². The highest BCUT2D eigenvalue weighted by molar-refractivity contribution is 6.05. The minimum Gasteiger partial charge on any atom is -0.322 e. The van der Waals surface area contributed by atoms with E-state index in [0.29, 0.717) is 16.7 Å². The van der Waals surface area contributed by atoms with Gasteiger partial charge in [-0.1, -0.05) is 18.2 Å². The molecule has 1 atom stereocenters. The minimum atomic E-state index is -0.699. The van der Waals surface area contributed by atoms with Gasteiger partial charge in [0.15, 0.2) is 0 Å². The molecule has 3 aliphatic rings. The van der Waals surface area contributed by atoms with E-state index in [1.165, 1.54) is 11.0 Å². The molecule has 3 amide bonds. The van der Waals surface area contributed by atoms with Crippen molar-refractivity contribution < 1.29 is 18.8 Å². The molecule has 2 aromatic carbocycles. The number of nitrogens with zero attached hydrogens (tertiary/aromatic N) is 3. The number of benzene rings is 2. The molecule has 0 saturated carbocycles. The molecular weight excluding hydrogens is 435 g/mol. The predicted octanol–water partition coefficient (Wildman–Crippen LogP) is 2.84. The molecule has 7 nitrogen and oxygen atoms in total. The van der Waals surface area contributed by atoms with E-state index in [1.807, 2.05) is 24.3 Å². The van der Waals surface area contributed by atoms with Crippen LogP contribution < -0.4 is 5.32 Å². The molecule has 174 valence electrons. The minimum absolute atomic E-state index is 0.0715. The number of fused-ring (bicyclic) bond motifs is 1. The number of hydrogen-bond acceptors (Lipinski definition) is 5. The van der Waals surface area contributed by atoms with Crippen LogP contribution in [0.4, 0.5) is 4.39 Å². The lowest BCUT2D eigenvalue weighted by Gasteiger charge is -2.32. The zero-order chi connectivity index (χ0) is 23.8. The highest BCUT2D eigenvalue weighted by Gasteiger charge is 2.40. The maximum atomic E-state index is 15.1. The van der Waals surface area contributed by atoms with Gasteiger partial charge in [-0.2, -0.15) is 5.26 Å². The summed E-state index contributed by atoms with van der Waals surface area (Å²) in [7, 11) is 0. The Morgan fingerprint density at radius 1 is 1.06 bits per heavy atom. The molecule has 0 spiro atoms. The molecule has 0 aromatic heterocycles. The summed E-state index contributed by atoms with van der Waals surface area (Å²) >= 11 is 0. The smallest absolute Gasteiger partial charge is 0.255 e. The van der Waals surface area contributed by atoms with Gasteiger partial charge in [-0.05, 0) is 73.2 Å². The zero-order valence-electron chi connectivity index (χ0n) is 18.7. The van der Waals surface area contributed by atoms with E-state index in [4.69, 9.17) is 5.26 Å². The molecule has 2 aromatic rings. The third-order valence-corrected chi connectivity index (χ3v) is 7.16. The molecule has 2 fully saturated rings. The number of carbonyl (C=O) groups excluding carboxylic acids is 3. The second-order valence-corrected chi connectivity index (χ2v) is 9.29. The van der Waals surface area contributed by atoms with Crippen LogP contribution in [0.25, 0.3) is 0 Å². The Morgan fingerprint density at radius 2 is 1.79 bits per heavy atom. The largest absolute Gasteiger partial charge is 0.322 e. The van der Waals surface area contributed by atoms with E-state index in [1.54, 1.807) is 6.07 Å². The first kappa shape index (κ1) is 22.2. The maximum absolute atomic E-state index is 15.1. The first-order valence-electron chi connectivity index (χ1n) is 11.6. The molecule has 0 radical (unpaired) electrons. The topological polar surface area (TPSA) is 93.5 Å². The predicted molar refractivity (Wildman–Crippen MR) is 121 cm³/mol. The summed E-state index contributed by atoms with van der Waals surface area (Å²) in [5.41, 5.74) is 3.47. The fourth-order valence-corrected chi connectivity index (χ4v) is 5.27. The summed E-state index contributed by atoms with van der Waals surface area (Å²) in [5, 5.41) is 11.2. The number of rotatable bonds is 4. The second kappa shape index (κ2) is 8.99. The number of halogens is 1. The Labute approximate surface area is 197 Å². The van der Waals surface area contributed by atoms with Crippen LogP contribution in [0.5, 0.6) is 0 Å². The first-order chi connectivity index (χ1) is 16.4. The lowest BCUT2D eigenvalue weighted by atomic mass is 9.87. The van der Waals surface area contributed by atoms with Crippen molar-refractivity contribution in [3.05, 3.63) is 70.0 Å². The Kier molecular flexibility index (Phi) is 5.88. The summed E-state index contributed by atoms with van der Waals surface area (Å²) in [6.07, 6.45) is 2.11. The molecule has 3 aliphatic heterocycles. The molecule has 0 aliphatic carbocycles. The van der Waals surface area contributed by atoms with E-state index >= 15 is 4.39 Å². The summed E-state index contributed by atoms with van der Waals surface area (Å²) in [4.78, 5) is 40.4. The fraction of sp³-hybridized carbons (Fsp3) is 0.385. The Hall–Kier alpha value is -3.57. The number of amides is 3. The normalized spacial score (nSPS) is 21.4. The Bertz CT molecular complexity index is 1200. The molecule has 5 rings (SSSR count). The number of nitriles is 1. The van der Waals surface area contributed by atoms with Crippen LogP contribution in [0.2, 0.25) is 0 Å². The number of nitrogens with one attached hydrogen (secondary N) is 1. The third kappa shape index (κ3) is 4.19. The highest BCUT2D eigenvalue weighted by atomic mass is 19.1. The van der Waals surface area contributed by atoms with Crippen LogP contribution in [0, 0.1) is 17.1 Å². The van der Waals surface area contributed by atoms with Crippen LogP contribution in [0.3, 0.4) is 0 Å². The lowest BCUT2D eigenvalue weighted by molar-refractivity contribution is -0.136. The molecule has 1 N–H and O–H groups in total. The van der Waals surface area contributed by atoms with E-state index in [2.05, 4.69) is 16.3 Å². The molecule has 3 heterocycles. The standard InChI is InChI=1S/C26H25FN4O3/c27-22-12-21-19(15-31(26(21)34)23-5-6-24(32)29-25(23)33)11-20(22)18-7-9-30(10-8-18)14-17-3-1-16(13-28)2-4-17/h1-4,11-12,18,23H,5-10,14-15H2,(H,29,32,33). The summed E-state index contributed by atoms with van der Waals surface area (Å²) < 4.78 is 15.1. The van der Waals surface area contributed by atoms with Gasteiger partial charge in [0.25, 0.3) is 5.91 Å². The molecule has 8 heteroatoms. The van der Waals surface area contributed by atoms with Gasteiger partial charge in [0.05, 0.1) is 11.6 Å². The van der Waals surface area contributed by atoms with Crippen molar-refractivity contribution in [3.8, 4) is 6.07 Å². The fourth-order valence-electron chi connectivity index (χ4n) is 5.27. The molecule has 1 unspecified atom stereocenters. The number of likely N-dealkylation sites (tertiary alicyclic amines) is 1. The van der Waals surface area contributed by atoms with Crippen LogP contribution >= 0.6 is 0 Å². The SMILES string of the molecule is N#Cc1ccc(CN2CCC(c3cc4c(cc3F)C(=O)N(C3CCC(=O)NC3=O)C4)CC2)cc1. The van der Waals surface area contributed by atoms with Gasteiger partial charge >= 0.3 is 0 Å². The van der Waals surface area contributed by atoms with Gasteiger partial charge in [-0.25, -0.2) is 4.39 Å². The number of piperidine rings is 2. The van der Waals surface area contributed by atoms with Crippen molar-refractivity contribution in [2.24, 2.45) is 0 Å². The summed E-state index contributed by atoms with van der Waals surface area (Å²) in [6.45, 7) is 2.72. The van der Waals surface area contributed by atoms with Crippen LogP contribution in [-0.4, -0.2) is 46.7 Å². The average Bonchev–Trinajstić information content (AvgIpc) is 3.15. The van der Waals surface area contributed by atoms with Crippen molar-refractivity contribution in [3.63, 3.8) is 0 Å². The molecule has 2 saturated heterocycles. The quantitative estimate of drug-likeness (QED) is 0.709. The second-order valence-electron chi connectivity index (χ2n) is 9.29. The molecule has 34 heavy (non-hydrogen) atoms. The summed E-state index contributed by atoms with van der Waals surface area (Å²) in [6, 6.07) is 12.1. The third-order valence-electron chi connectivity index (χ3n) is 7.16. The van der Waals surface area contributed by atoms with Crippen LogP contribution in [-0.2, 0) is 22.7 Å². The van der Waals surface area contributed by atoms with Crippen molar-refractivity contribution in [2.75, 3.05) is 13.1 Å². The van der Waals surface area contributed by atoms with Crippen LogP contribution in [0.15, 0.2) is 36.4 Å². The van der Waals surface area contributed by atoms with Gasteiger partial charge in [0.2, 0.25) is 11.8 Å². The lowest BCUT2D eigenvalue weighted by Crippen LogP contribution is -2.52. The van der Waals surface area contributed by atoms with Crippen molar-refractivity contribution >= 4 is 17.7 Å². The van der Waals surface area contributed by atoms with Crippen LogP contribution in [0.1, 0.15) is 64.2 Å². The van der Waals surface area contributed by atoms with Gasteiger partial charge in [-0.3, -0.25) is 24.6 Å². The molecular formula is C26H25FN4O3. The van der Waals surface area contributed by atoms with E-state index in [-0.39, 0.29) is 42.9 Å². The van der Waals surface area contributed by atoms with Crippen molar-refractivity contribution in [1.29, 1.82) is 5.26 Å². The number of hydrogen-bond donors (Lipinski definition) is 1. The van der Waals surface area contributed by atoms with E-state index in [0.717, 1.165) is 43.6 Å². The summed E-state index contributed by atoms with van der Waals surface area (Å²) in [5.74, 6) is -1.45. The van der Waals surface area contributed by atoms with E-state index < -0.39 is 11.9 Å². The van der Waals surface area contributed by atoms with Gasteiger partial charge in [-0.15, -0.1) is 0 Å². The zero-order valence-corrected chi connectivity index (χ0v) is 18.7. The average molecular weight is 461 g/mol. The maximum Gasteiger partial charge on any atom is 0.255 e. The van der Waals surface area contributed by atoms with Crippen molar-refractivity contribution in [1.82, 2.24) is 15.1 Å². The monoisotopic (exact) mass is 460 g/mol. The molecule has 0 bridgehead atoms. The Balaban J connectivity index is 1.25. The van der Waals surface area contributed by atoms with Crippen molar-refractivity contribution in [2.45, 2.75) is 50.7 Å². The number of imide groups is 1. The van der Waals surface area contributed by atoms with E-state index in [9.17, 15) is 14.4 Å². The Morgan fingerprint density at radius 3 is 2.47 bits per heavy atom. The first-order valence-corrected chi connectivity index (χ1v) is 11.6.